The smallest absolute Gasteiger partial charge is 0.348 e. The standard InChI is InChI=1S/C13H18O2S/c1-3-6-15-13(14)12-8-10-7-9(2)4-5-11(10)16-12/h8-9H,3-7H2,1-2H3. The summed E-state index contributed by atoms with van der Waals surface area (Å²) < 4.78 is 5.15. The summed E-state index contributed by atoms with van der Waals surface area (Å²) >= 11 is 1.62. The lowest BCUT2D eigenvalue weighted by molar-refractivity contribution is 0.0511. The van der Waals surface area contributed by atoms with Gasteiger partial charge in [0.25, 0.3) is 0 Å². The van der Waals surface area contributed by atoms with Crippen molar-refractivity contribution in [2.45, 2.75) is 39.5 Å². The largest absolute Gasteiger partial charge is 0.462 e. The second-order valence-corrected chi connectivity index (χ2v) is 5.68. The Labute approximate surface area is 101 Å². The van der Waals surface area contributed by atoms with Crippen molar-refractivity contribution in [1.29, 1.82) is 0 Å². The summed E-state index contributed by atoms with van der Waals surface area (Å²) in [6, 6.07) is 2.04. The van der Waals surface area contributed by atoms with Gasteiger partial charge in [-0.15, -0.1) is 11.3 Å². The maximum absolute atomic E-state index is 11.7. The van der Waals surface area contributed by atoms with Crippen LogP contribution < -0.4 is 0 Å². The summed E-state index contributed by atoms with van der Waals surface area (Å²) in [5.74, 6) is 0.607. The first kappa shape index (κ1) is 11.6. The Hall–Kier alpha value is -0.830. The van der Waals surface area contributed by atoms with E-state index in [2.05, 4.69) is 6.92 Å². The van der Waals surface area contributed by atoms with E-state index in [0.29, 0.717) is 6.61 Å². The zero-order chi connectivity index (χ0) is 11.5. The van der Waals surface area contributed by atoms with Gasteiger partial charge >= 0.3 is 5.97 Å². The van der Waals surface area contributed by atoms with Crippen molar-refractivity contribution >= 4 is 17.3 Å². The number of carbonyl (C=O) groups is 1. The van der Waals surface area contributed by atoms with E-state index in [-0.39, 0.29) is 5.97 Å². The number of aryl methyl sites for hydroxylation is 1. The van der Waals surface area contributed by atoms with Gasteiger partial charge < -0.3 is 4.74 Å². The molecule has 0 saturated heterocycles. The Morgan fingerprint density at radius 2 is 2.44 bits per heavy atom. The molecule has 0 spiro atoms. The van der Waals surface area contributed by atoms with Crippen molar-refractivity contribution in [1.82, 2.24) is 0 Å². The Kier molecular flexibility index (Phi) is 3.64. The molecular formula is C13H18O2S. The van der Waals surface area contributed by atoms with Crippen LogP contribution in [0.25, 0.3) is 0 Å². The third-order valence-electron chi connectivity index (χ3n) is 2.97. The average Bonchev–Trinajstić information content (AvgIpc) is 2.68. The minimum Gasteiger partial charge on any atom is -0.462 e. The van der Waals surface area contributed by atoms with Gasteiger partial charge in [0.1, 0.15) is 4.88 Å². The molecule has 1 atom stereocenters. The van der Waals surface area contributed by atoms with Gasteiger partial charge in [-0.1, -0.05) is 13.8 Å². The molecule has 88 valence electrons. The van der Waals surface area contributed by atoms with Crippen molar-refractivity contribution in [3.05, 3.63) is 21.4 Å². The molecule has 1 aromatic rings. The number of fused-ring (bicyclic) bond motifs is 1. The first-order valence-electron chi connectivity index (χ1n) is 5.99. The molecule has 0 radical (unpaired) electrons. The molecule has 1 aliphatic carbocycles. The number of hydrogen-bond acceptors (Lipinski definition) is 3. The van der Waals surface area contributed by atoms with Crippen molar-refractivity contribution in [3.8, 4) is 0 Å². The van der Waals surface area contributed by atoms with Crippen molar-refractivity contribution < 1.29 is 9.53 Å². The van der Waals surface area contributed by atoms with E-state index in [1.165, 1.54) is 16.9 Å². The minimum absolute atomic E-state index is 0.145. The second-order valence-electron chi connectivity index (χ2n) is 4.54. The monoisotopic (exact) mass is 238 g/mol. The van der Waals surface area contributed by atoms with Crippen LogP contribution in [-0.4, -0.2) is 12.6 Å². The fourth-order valence-electron chi connectivity index (χ4n) is 2.07. The van der Waals surface area contributed by atoms with Gasteiger partial charge in [0.05, 0.1) is 6.61 Å². The normalized spacial score (nSPS) is 19.2. The Balaban J connectivity index is 2.09. The zero-order valence-electron chi connectivity index (χ0n) is 9.91. The van der Waals surface area contributed by atoms with Crippen LogP contribution in [0, 0.1) is 5.92 Å². The first-order chi connectivity index (χ1) is 7.70. The van der Waals surface area contributed by atoms with E-state index in [1.807, 2.05) is 13.0 Å². The van der Waals surface area contributed by atoms with Crippen LogP contribution in [-0.2, 0) is 17.6 Å². The van der Waals surface area contributed by atoms with Gasteiger partial charge in [0, 0.05) is 4.88 Å². The van der Waals surface area contributed by atoms with E-state index in [1.54, 1.807) is 11.3 Å². The number of carbonyl (C=O) groups excluding carboxylic acids is 1. The SMILES string of the molecule is CCCOC(=O)c1cc2c(s1)CCC(C)C2. The van der Waals surface area contributed by atoms with Crippen molar-refractivity contribution in [2.75, 3.05) is 6.61 Å². The van der Waals surface area contributed by atoms with Gasteiger partial charge in [-0.3, -0.25) is 0 Å². The molecule has 1 unspecified atom stereocenters. The summed E-state index contributed by atoms with van der Waals surface area (Å²) in [6.45, 7) is 4.81. The Morgan fingerprint density at radius 3 is 3.19 bits per heavy atom. The van der Waals surface area contributed by atoms with Crippen LogP contribution in [0.15, 0.2) is 6.07 Å². The molecule has 2 rings (SSSR count). The lowest BCUT2D eigenvalue weighted by Gasteiger charge is -2.16. The molecule has 0 aliphatic heterocycles. The van der Waals surface area contributed by atoms with Crippen molar-refractivity contribution in [2.24, 2.45) is 5.92 Å². The van der Waals surface area contributed by atoms with Crippen LogP contribution in [0.5, 0.6) is 0 Å². The summed E-state index contributed by atoms with van der Waals surface area (Å²) in [5.41, 5.74) is 1.37. The minimum atomic E-state index is -0.145. The van der Waals surface area contributed by atoms with Gasteiger partial charge in [-0.2, -0.15) is 0 Å². The molecule has 0 N–H and O–H groups in total. The highest BCUT2D eigenvalue weighted by Gasteiger charge is 2.21. The number of thiophene rings is 1. The predicted molar refractivity (Wildman–Crippen MR) is 66.1 cm³/mol. The number of hydrogen-bond donors (Lipinski definition) is 0. The van der Waals surface area contributed by atoms with Gasteiger partial charge in [-0.25, -0.2) is 4.79 Å². The summed E-state index contributed by atoms with van der Waals surface area (Å²) in [4.78, 5) is 13.9. The fourth-order valence-corrected chi connectivity index (χ4v) is 3.17. The Morgan fingerprint density at radius 1 is 1.62 bits per heavy atom. The van der Waals surface area contributed by atoms with E-state index >= 15 is 0 Å². The van der Waals surface area contributed by atoms with Crippen LogP contribution in [0.1, 0.15) is 46.8 Å². The topological polar surface area (TPSA) is 26.3 Å². The molecule has 16 heavy (non-hydrogen) atoms. The van der Waals surface area contributed by atoms with Gasteiger partial charge in [0.2, 0.25) is 0 Å². The quantitative estimate of drug-likeness (QED) is 0.754. The lowest BCUT2D eigenvalue weighted by Crippen LogP contribution is -2.08. The van der Waals surface area contributed by atoms with E-state index in [0.717, 1.165) is 30.1 Å². The van der Waals surface area contributed by atoms with Crippen molar-refractivity contribution in [3.63, 3.8) is 0 Å². The highest BCUT2D eigenvalue weighted by molar-refractivity contribution is 7.14. The van der Waals surface area contributed by atoms with Gasteiger partial charge in [-0.05, 0) is 43.2 Å². The average molecular weight is 238 g/mol. The molecule has 0 saturated carbocycles. The Bertz CT molecular complexity index is 381. The van der Waals surface area contributed by atoms with Gasteiger partial charge in [0.15, 0.2) is 0 Å². The molecule has 3 heteroatoms. The summed E-state index contributed by atoms with van der Waals surface area (Å²) in [7, 11) is 0. The third-order valence-corrected chi connectivity index (χ3v) is 4.18. The fraction of sp³-hybridized carbons (Fsp3) is 0.615. The molecule has 0 aromatic carbocycles. The van der Waals surface area contributed by atoms with E-state index in [9.17, 15) is 4.79 Å². The molecule has 0 fully saturated rings. The molecule has 2 nitrogen and oxygen atoms in total. The number of esters is 1. The third kappa shape index (κ3) is 2.46. The van der Waals surface area contributed by atoms with Crippen LogP contribution in [0.3, 0.4) is 0 Å². The first-order valence-corrected chi connectivity index (χ1v) is 6.81. The highest BCUT2D eigenvalue weighted by atomic mass is 32.1. The predicted octanol–water partition coefficient (Wildman–Crippen LogP) is 3.44. The lowest BCUT2D eigenvalue weighted by atomic mass is 9.90. The second kappa shape index (κ2) is 5.00. The molecule has 1 heterocycles. The summed E-state index contributed by atoms with van der Waals surface area (Å²) in [5, 5.41) is 0. The van der Waals surface area contributed by atoms with Crippen LogP contribution in [0.4, 0.5) is 0 Å². The maximum Gasteiger partial charge on any atom is 0.348 e. The summed E-state index contributed by atoms with van der Waals surface area (Å²) in [6.07, 6.45) is 4.37. The molecule has 1 aliphatic rings. The van der Waals surface area contributed by atoms with Crippen LogP contribution >= 0.6 is 11.3 Å². The van der Waals surface area contributed by atoms with Crippen LogP contribution in [0.2, 0.25) is 0 Å². The highest BCUT2D eigenvalue weighted by Crippen LogP contribution is 2.32. The van der Waals surface area contributed by atoms with E-state index < -0.39 is 0 Å². The molecule has 1 aromatic heterocycles. The molecule has 0 amide bonds. The molecular weight excluding hydrogens is 220 g/mol. The maximum atomic E-state index is 11.7. The zero-order valence-corrected chi connectivity index (χ0v) is 10.7. The molecule has 0 bridgehead atoms. The number of ether oxygens (including phenoxy) is 1. The number of rotatable bonds is 3. The van der Waals surface area contributed by atoms with E-state index in [4.69, 9.17) is 4.74 Å².